The van der Waals surface area contributed by atoms with Gasteiger partial charge in [-0.05, 0) is 61.1 Å². The number of aryl methyl sites for hydroxylation is 1. The summed E-state index contributed by atoms with van der Waals surface area (Å²) in [5.74, 6) is 0.579. The smallest absolute Gasteiger partial charge is 0.221 e. The molecule has 0 bridgehead atoms. The number of azo groups is 1. The van der Waals surface area contributed by atoms with Crippen LogP contribution in [0, 0.1) is 6.92 Å². The minimum atomic E-state index is 0.0173. The van der Waals surface area contributed by atoms with Crippen molar-refractivity contribution < 1.29 is 9.84 Å². The number of aromatic nitrogens is 1. The van der Waals surface area contributed by atoms with Crippen molar-refractivity contribution in [3.63, 3.8) is 0 Å². The second kappa shape index (κ2) is 9.91. The molecule has 1 aromatic heterocycles. The van der Waals surface area contributed by atoms with Crippen LogP contribution in [0.1, 0.15) is 11.1 Å². The van der Waals surface area contributed by atoms with E-state index in [2.05, 4.69) is 37.5 Å². The highest BCUT2D eigenvalue weighted by atomic mass is 79.9. The second-order valence-corrected chi connectivity index (χ2v) is 9.10. The number of ether oxygens (including phenoxy) is 1. The minimum Gasteiger partial charge on any atom is -0.495 e. The fourth-order valence-corrected chi connectivity index (χ4v) is 4.31. The van der Waals surface area contributed by atoms with Gasteiger partial charge in [-0.1, -0.05) is 57.4 Å². The fourth-order valence-electron chi connectivity index (χ4n) is 3.54. The molecular formula is C24H20BrClN4O2S. The van der Waals surface area contributed by atoms with Crippen LogP contribution in [0.2, 0.25) is 5.02 Å². The van der Waals surface area contributed by atoms with E-state index in [1.165, 1.54) is 0 Å². The Kier molecular flexibility index (Phi) is 6.97. The molecular weight excluding hydrogens is 524 g/mol. The van der Waals surface area contributed by atoms with Crippen molar-refractivity contribution in [3.05, 3.63) is 81.3 Å². The highest BCUT2D eigenvalue weighted by Crippen LogP contribution is 2.40. The first-order chi connectivity index (χ1) is 15.9. The molecule has 0 radical (unpaired) electrons. The van der Waals surface area contributed by atoms with E-state index in [1.807, 2.05) is 47.9 Å². The van der Waals surface area contributed by atoms with Crippen LogP contribution in [0.25, 0.3) is 10.9 Å². The molecule has 2 N–H and O–H groups in total. The molecule has 0 aliphatic rings. The normalized spacial score (nSPS) is 11.3. The standard InChI is InChI=1S/C24H20BrClN4O2S/c1-14-4-3-5-15(10-14)13-30-20-8-6-16(25)11-18(20)22(23(30)31)28-29-24(33)27-17-7-9-21(32-2)19(26)12-17/h3-12,31H,13H2,1-2H3,(H,27,33). The van der Waals surface area contributed by atoms with Gasteiger partial charge in [0.05, 0.1) is 24.2 Å². The Bertz CT molecular complexity index is 1390. The summed E-state index contributed by atoms with van der Waals surface area (Å²) >= 11 is 15.0. The van der Waals surface area contributed by atoms with Gasteiger partial charge < -0.3 is 19.7 Å². The second-order valence-electron chi connectivity index (χ2n) is 7.39. The zero-order valence-corrected chi connectivity index (χ0v) is 21.0. The monoisotopic (exact) mass is 542 g/mol. The van der Waals surface area contributed by atoms with E-state index in [0.29, 0.717) is 28.7 Å². The molecule has 3 aromatic carbocycles. The molecule has 4 aromatic rings. The largest absolute Gasteiger partial charge is 0.495 e. The van der Waals surface area contributed by atoms with Crippen LogP contribution in [0.5, 0.6) is 11.6 Å². The van der Waals surface area contributed by atoms with Crippen molar-refractivity contribution in [3.8, 4) is 11.6 Å². The lowest BCUT2D eigenvalue weighted by molar-refractivity contribution is 0.415. The van der Waals surface area contributed by atoms with Crippen molar-refractivity contribution in [2.24, 2.45) is 10.2 Å². The number of fused-ring (bicyclic) bond motifs is 1. The van der Waals surface area contributed by atoms with Crippen LogP contribution in [-0.2, 0) is 6.54 Å². The summed E-state index contributed by atoms with van der Waals surface area (Å²) in [6, 6.07) is 19.1. The van der Waals surface area contributed by atoms with Gasteiger partial charge in [-0.25, -0.2) is 0 Å². The lowest BCUT2D eigenvalue weighted by atomic mass is 10.1. The SMILES string of the molecule is COc1ccc(NC(=S)N=Nc2c(O)n(Cc3cccc(C)c3)c3ccc(Br)cc23)cc1Cl. The van der Waals surface area contributed by atoms with Gasteiger partial charge in [-0.15, -0.1) is 10.2 Å². The van der Waals surface area contributed by atoms with E-state index in [9.17, 15) is 5.11 Å². The van der Waals surface area contributed by atoms with E-state index < -0.39 is 0 Å². The van der Waals surface area contributed by atoms with Crippen molar-refractivity contribution in [1.29, 1.82) is 0 Å². The number of nitrogens with one attached hydrogen (secondary N) is 1. The first-order valence-corrected chi connectivity index (χ1v) is 11.6. The van der Waals surface area contributed by atoms with Crippen LogP contribution in [-0.4, -0.2) is 21.9 Å². The van der Waals surface area contributed by atoms with Gasteiger partial charge in [0, 0.05) is 15.5 Å². The summed E-state index contributed by atoms with van der Waals surface area (Å²) in [4.78, 5) is 0. The number of hydrogen-bond donors (Lipinski definition) is 2. The minimum absolute atomic E-state index is 0.0173. The van der Waals surface area contributed by atoms with E-state index in [1.54, 1.807) is 25.3 Å². The molecule has 1 heterocycles. The molecule has 168 valence electrons. The van der Waals surface area contributed by atoms with Crippen molar-refractivity contribution >= 4 is 67.1 Å². The molecule has 4 rings (SSSR count). The Morgan fingerprint density at radius 2 is 2.00 bits per heavy atom. The summed E-state index contributed by atoms with van der Waals surface area (Å²) in [6.45, 7) is 2.53. The van der Waals surface area contributed by atoms with E-state index >= 15 is 0 Å². The summed E-state index contributed by atoms with van der Waals surface area (Å²) in [5, 5.41) is 23.7. The number of benzene rings is 3. The van der Waals surface area contributed by atoms with E-state index in [4.69, 9.17) is 28.6 Å². The summed E-state index contributed by atoms with van der Waals surface area (Å²) in [7, 11) is 1.55. The summed E-state index contributed by atoms with van der Waals surface area (Å²) in [6.07, 6.45) is 0. The van der Waals surface area contributed by atoms with Gasteiger partial charge in [-0.2, -0.15) is 0 Å². The summed E-state index contributed by atoms with van der Waals surface area (Å²) in [5.41, 5.74) is 4.06. The van der Waals surface area contributed by atoms with Gasteiger partial charge in [0.2, 0.25) is 11.0 Å². The molecule has 9 heteroatoms. The predicted molar refractivity (Wildman–Crippen MR) is 140 cm³/mol. The summed E-state index contributed by atoms with van der Waals surface area (Å²) < 4.78 is 7.84. The van der Waals surface area contributed by atoms with E-state index in [-0.39, 0.29) is 11.0 Å². The third kappa shape index (κ3) is 5.19. The highest BCUT2D eigenvalue weighted by Gasteiger charge is 2.17. The maximum atomic E-state index is 11.0. The Labute approximate surface area is 210 Å². The Hall–Kier alpha value is -2.94. The van der Waals surface area contributed by atoms with Gasteiger partial charge in [-0.3, -0.25) is 0 Å². The molecule has 0 aliphatic heterocycles. The molecule has 0 aliphatic carbocycles. The number of nitrogens with zero attached hydrogens (tertiary/aromatic N) is 3. The first-order valence-electron chi connectivity index (χ1n) is 9.98. The van der Waals surface area contributed by atoms with Gasteiger partial charge in [0.25, 0.3) is 0 Å². The average Bonchev–Trinajstić information content (AvgIpc) is 3.02. The molecule has 33 heavy (non-hydrogen) atoms. The van der Waals surface area contributed by atoms with Crippen molar-refractivity contribution in [1.82, 2.24) is 4.57 Å². The quantitative estimate of drug-likeness (QED) is 0.201. The molecule has 0 amide bonds. The number of thiocarbonyl (C=S) groups is 1. The van der Waals surface area contributed by atoms with Gasteiger partial charge in [0.15, 0.2) is 5.69 Å². The van der Waals surface area contributed by atoms with Crippen molar-refractivity contribution in [2.75, 3.05) is 12.4 Å². The molecule has 0 atom stereocenters. The topological polar surface area (TPSA) is 71.1 Å². The number of rotatable bonds is 5. The molecule has 0 unspecified atom stereocenters. The Morgan fingerprint density at radius 3 is 2.73 bits per heavy atom. The third-order valence-corrected chi connectivity index (χ3v) is 6.01. The average molecular weight is 544 g/mol. The zero-order valence-electron chi connectivity index (χ0n) is 17.8. The third-order valence-electron chi connectivity index (χ3n) is 5.04. The molecule has 0 spiro atoms. The lowest BCUT2D eigenvalue weighted by Gasteiger charge is -2.08. The first kappa shape index (κ1) is 23.2. The maximum absolute atomic E-state index is 11.0. The number of methoxy groups -OCH3 is 1. The number of halogens is 2. The molecule has 0 fully saturated rings. The maximum Gasteiger partial charge on any atom is 0.221 e. The van der Waals surface area contributed by atoms with Crippen LogP contribution >= 0.6 is 39.7 Å². The van der Waals surface area contributed by atoms with Gasteiger partial charge >= 0.3 is 0 Å². The van der Waals surface area contributed by atoms with Crippen LogP contribution in [0.15, 0.2) is 75.4 Å². The van der Waals surface area contributed by atoms with Gasteiger partial charge in [0.1, 0.15) is 5.75 Å². The predicted octanol–water partition coefficient (Wildman–Crippen LogP) is 7.61. The number of hydrogen-bond acceptors (Lipinski definition) is 4. The van der Waals surface area contributed by atoms with Crippen LogP contribution in [0.3, 0.4) is 0 Å². The lowest BCUT2D eigenvalue weighted by Crippen LogP contribution is -2.04. The fraction of sp³-hybridized carbons (Fsp3) is 0.125. The van der Waals surface area contributed by atoms with Crippen LogP contribution < -0.4 is 10.1 Å². The number of aromatic hydroxyl groups is 1. The molecule has 6 nitrogen and oxygen atoms in total. The molecule has 0 saturated carbocycles. The molecule has 0 saturated heterocycles. The van der Waals surface area contributed by atoms with E-state index in [0.717, 1.165) is 26.5 Å². The highest BCUT2D eigenvalue weighted by molar-refractivity contribution is 9.10. The van der Waals surface area contributed by atoms with Crippen molar-refractivity contribution in [2.45, 2.75) is 13.5 Å². The van der Waals surface area contributed by atoms with Crippen LogP contribution in [0.4, 0.5) is 11.4 Å². The number of anilines is 1. The Morgan fingerprint density at radius 1 is 1.18 bits per heavy atom. The Balaban J connectivity index is 1.65. The zero-order chi connectivity index (χ0) is 23.5.